The first-order valence-electron chi connectivity index (χ1n) is 9.25. The van der Waals surface area contributed by atoms with Crippen LogP contribution in [-0.4, -0.2) is 61.6 Å². The molecule has 0 aromatic carbocycles. The number of rotatable bonds is 5. The number of hydrogen-bond acceptors (Lipinski definition) is 7. The molecule has 3 rings (SSSR count). The summed E-state index contributed by atoms with van der Waals surface area (Å²) in [5, 5.41) is 9.60. The molecule has 13 heteroatoms. The largest absolute Gasteiger partial charge is 0.478 e. The van der Waals surface area contributed by atoms with Gasteiger partial charge in [0.25, 0.3) is 10.0 Å². The second-order valence-electron chi connectivity index (χ2n) is 7.13. The Labute approximate surface area is 193 Å². The highest BCUT2D eigenvalue weighted by Gasteiger charge is 2.28. The Bertz CT molecular complexity index is 1110. The molecule has 2 aromatic heterocycles. The Kier molecular flexibility index (Phi) is 6.99. The van der Waals surface area contributed by atoms with Crippen LogP contribution in [-0.2, 0) is 10.0 Å². The van der Waals surface area contributed by atoms with Crippen LogP contribution < -0.4 is 9.62 Å². The third-order valence-electron chi connectivity index (χ3n) is 4.67. The van der Waals surface area contributed by atoms with Crippen molar-refractivity contribution in [1.82, 2.24) is 14.6 Å². The predicted octanol–water partition coefficient (Wildman–Crippen LogP) is 3.49. The fourth-order valence-corrected chi connectivity index (χ4v) is 5.84. The summed E-state index contributed by atoms with van der Waals surface area (Å²) in [7, 11) is -4.00. The molecule has 0 bridgehead atoms. The maximum Gasteiger partial charge on any atom is 0.337 e. The summed E-state index contributed by atoms with van der Waals surface area (Å²) in [6.45, 7) is 4.88. The first kappa shape index (κ1) is 23.6. The zero-order chi connectivity index (χ0) is 22.9. The summed E-state index contributed by atoms with van der Waals surface area (Å²) >= 11 is 12.9. The van der Waals surface area contributed by atoms with E-state index in [9.17, 15) is 23.1 Å². The van der Waals surface area contributed by atoms with Crippen molar-refractivity contribution < 1.29 is 23.1 Å². The monoisotopic (exact) mass is 506 g/mol. The molecular formula is C18H20Cl2N4O5S2. The van der Waals surface area contributed by atoms with Crippen LogP contribution in [0.5, 0.6) is 0 Å². The number of nitrogens with one attached hydrogen (secondary N) is 1. The molecule has 0 saturated carbocycles. The molecule has 0 aliphatic carbocycles. The molecule has 2 N–H and O–H groups in total. The quantitative estimate of drug-likeness (QED) is 0.636. The normalized spacial score (nSPS) is 14.7. The molecule has 2 aromatic rings. The van der Waals surface area contributed by atoms with E-state index in [-0.39, 0.29) is 33.8 Å². The number of thiophene rings is 1. The van der Waals surface area contributed by atoms with Crippen molar-refractivity contribution in [1.29, 1.82) is 0 Å². The zero-order valence-corrected chi connectivity index (χ0v) is 19.8. The van der Waals surface area contributed by atoms with Gasteiger partial charge in [-0.1, -0.05) is 37.0 Å². The minimum atomic E-state index is -4.00. The van der Waals surface area contributed by atoms with Crippen LogP contribution in [0.3, 0.4) is 0 Å². The lowest BCUT2D eigenvalue weighted by molar-refractivity contribution is 0.0694. The first-order chi connectivity index (χ1) is 14.5. The lowest BCUT2D eigenvalue weighted by atomic mass is 10.0. The van der Waals surface area contributed by atoms with Crippen molar-refractivity contribution >= 4 is 62.4 Å². The van der Waals surface area contributed by atoms with E-state index in [1.807, 2.05) is 18.7 Å². The lowest BCUT2D eigenvalue weighted by Gasteiger charge is -2.35. The van der Waals surface area contributed by atoms with Crippen LogP contribution >= 0.6 is 34.5 Å². The van der Waals surface area contributed by atoms with Gasteiger partial charge in [-0.15, -0.1) is 11.3 Å². The number of amides is 2. The van der Waals surface area contributed by atoms with Gasteiger partial charge in [-0.05, 0) is 24.1 Å². The van der Waals surface area contributed by atoms with Crippen molar-refractivity contribution in [3.05, 3.63) is 38.8 Å². The van der Waals surface area contributed by atoms with E-state index in [0.29, 0.717) is 28.9 Å². The second-order valence-corrected chi connectivity index (χ2v) is 11.2. The molecule has 9 nitrogen and oxygen atoms in total. The van der Waals surface area contributed by atoms with E-state index >= 15 is 0 Å². The number of aromatic nitrogens is 1. The minimum absolute atomic E-state index is 0.0415. The van der Waals surface area contributed by atoms with Gasteiger partial charge in [0, 0.05) is 26.2 Å². The molecule has 168 valence electrons. The number of halogens is 2. The maximum absolute atomic E-state index is 12.4. The smallest absolute Gasteiger partial charge is 0.337 e. The van der Waals surface area contributed by atoms with Crippen molar-refractivity contribution in [3.8, 4) is 0 Å². The van der Waals surface area contributed by atoms with Gasteiger partial charge in [0.15, 0.2) is 0 Å². The SMILES string of the molecule is CC(C)c1nc(N2CCN(C(=O)NS(=O)(=O)c3ccc(Cl)s3)CC2)c(Cl)cc1C(=O)O. The summed E-state index contributed by atoms with van der Waals surface area (Å²) < 4.78 is 27.0. The average molecular weight is 507 g/mol. The minimum Gasteiger partial charge on any atom is -0.478 e. The van der Waals surface area contributed by atoms with Gasteiger partial charge in [-0.25, -0.2) is 27.7 Å². The number of urea groups is 1. The van der Waals surface area contributed by atoms with Crippen molar-refractivity contribution in [2.24, 2.45) is 0 Å². The molecule has 1 aliphatic rings. The molecule has 0 unspecified atom stereocenters. The maximum atomic E-state index is 12.4. The Morgan fingerprint density at radius 2 is 1.84 bits per heavy atom. The first-order valence-corrected chi connectivity index (χ1v) is 12.3. The third kappa shape index (κ3) is 5.22. The number of carboxylic acids is 1. The Morgan fingerprint density at radius 1 is 1.19 bits per heavy atom. The van der Waals surface area contributed by atoms with E-state index in [0.717, 1.165) is 11.3 Å². The van der Waals surface area contributed by atoms with E-state index in [1.165, 1.54) is 23.1 Å². The summed E-state index contributed by atoms with van der Waals surface area (Å²) in [4.78, 5) is 31.6. The number of sulfonamides is 1. The molecule has 0 atom stereocenters. The number of piperazine rings is 1. The lowest BCUT2D eigenvalue weighted by Crippen LogP contribution is -2.53. The number of carboxylic acid groups (broad SMARTS) is 1. The topological polar surface area (TPSA) is 120 Å². The van der Waals surface area contributed by atoms with Gasteiger partial charge in [-0.3, -0.25) is 0 Å². The fourth-order valence-electron chi connectivity index (χ4n) is 3.12. The molecule has 1 fully saturated rings. The van der Waals surface area contributed by atoms with Crippen molar-refractivity contribution in [3.63, 3.8) is 0 Å². The summed E-state index contributed by atoms with van der Waals surface area (Å²) in [6.07, 6.45) is 0. The van der Waals surface area contributed by atoms with Gasteiger partial charge in [-0.2, -0.15) is 0 Å². The molecule has 1 saturated heterocycles. The highest BCUT2D eigenvalue weighted by molar-refractivity contribution is 7.92. The number of pyridine rings is 1. The molecule has 31 heavy (non-hydrogen) atoms. The molecule has 0 spiro atoms. The van der Waals surface area contributed by atoms with Crippen LogP contribution in [0.1, 0.15) is 35.8 Å². The van der Waals surface area contributed by atoms with E-state index < -0.39 is 22.0 Å². The Balaban J connectivity index is 1.70. The Hall–Kier alpha value is -2.08. The van der Waals surface area contributed by atoms with Crippen LogP contribution in [0.2, 0.25) is 9.36 Å². The third-order valence-corrected chi connectivity index (χ3v) is 7.99. The standard InChI is InChI=1S/C18H20Cl2N4O5S2/c1-10(2)15-11(17(25)26)9-12(19)16(21-15)23-5-7-24(8-6-23)18(27)22-31(28,29)14-4-3-13(20)30-14/h3-4,9-10H,5-8H2,1-2H3,(H,22,27)(H,25,26). The molecular weight excluding hydrogens is 487 g/mol. The van der Waals surface area contributed by atoms with Crippen LogP contribution in [0.15, 0.2) is 22.4 Å². The van der Waals surface area contributed by atoms with Crippen LogP contribution in [0, 0.1) is 0 Å². The van der Waals surface area contributed by atoms with Gasteiger partial charge >= 0.3 is 12.0 Å². The van der Waals surface area contributed by atoms with Crippen molar-refractivity contribution in [2.75, 3.05) is 31.1 Å². The summed E-state index contributed by atoms with van der Waals surface area (Å²) in [6, 6.07) is 3.44. The van der Waals surface area contributed by atoms with Gasteiger partial charge in [0.2, 0.25) is 0 Å². The van der Waals surface area contributed by atoms with Crippen LogP contribution in [0.4, 0.5) is 10.6 Å². The fraction of sp³-hybridized carbons (Fsp3) is 0.389. The summed E-state index contributed by atoms with van der Waals surface area (Å²) in [5.74, 6) is -0.777. The van der Waals surface area contributed by atoms with Crippen LogP contribution in [0.25, 0.3) is 0 Å². The Morgan fingerprint density at radius 3 is 2.35 bits per heavy atom. The van der Waals surface area contributed by atoms with E-state index in [1.54, 1.807) is 0 Å². The van der Waals surface area contributed by atoms with E-state index in [2.05, 4.69) is 9.71 Å². The number of nitrogens with zero attached hydrogens (tertiary/aromatic N) is 3. The number of aromatic carboxylic acids is 1. The highest BCUT2D eigenvalue weighted by Crippen LogP contribution is 2.30. The van der Waals surface area contributed by atoms with Gasteiger partial charge in [0.1, 0.15) is 10.0 Å². The van der Waals surface area contributed by atoms with Gasteiger partial charge in [0.05, 0.1) is 20.6 Å². The highest BCUT2D eigenvalue weighted by atomic mass is 35.5. The number of hydrogen-bond donors (Lipinski definition) is 2. The van der Waals surface area contributed by atoms with Crippen molar-refractivity contribution in [2.45, 2.75) is 24.0 Å². The predicted molar refractivity (Wildman–Crippen MR) is 119 cm³/mol. The summed E-state index contributed by atoms with van der Waals surface area (Å²) in [5.41, 5.74) is 0.480. The molecule has 3 heterocycles. The van der Waals surface area contributed by atoms with E-state index in [4.69, 9.17) is 23.2 Å². The molecule has 1 aliphatic heterocycles. The molecule has 2 amide bonds. The average Bonchev–Trinajstić information content (AvgIpc) is 3.14. The molecule has 0 radical (unpaired) electrons. The number of carbonyl (C=O) groups excluding carboxylic acids is 1. The number of carbonyl (C=O) groups is 2. The zero-order valence-electron chi connectivity index (χ0n) is 16.6. The van der Waals surface area contributed by atoms with Gasteiger partial charge < -0.3 is 14.9 Å². The number of anilines is 1. The second kappa shape index (κ2) is 9.19.